The van der Waals surface area contributed by atoms with Crippen molar-refractivity contribution in [3.05, 3.63) is 0 Å². The van der Waals surface area contributed by atoms with Gasteiger partial charge >= 0.3 is 9.05 Å². The van der Waals surface area contributed by atoms with Crippen LogP contribution in [0.15, 0.2) is 0 Å². The van der Waals surface area contributed by atoms with Gasteiger partial charge in [0, 0.05) is 26.4 Å². The predicted molar refractivity (Wildman–Crippen MR) is 55.9 cm³/mol. The Balaban J connectivity index is 0. The van der Waals surface area contributed by atoms with Crippen LogP contribution in [0.2, 0.25) is 0 Å². The topological polar surface area (TPSA) is 68.4 Å². The van der Waals surface area contributed by atoms with Gasteiger partial charge in [0.1, 0.15) is 0 Å². The van der Waals surface area contributed by atoms with E-state index in [2.05, 4.69) is 0 Å². The van der Waals surface area contributed by atoms with Crippen LogP contribution in [0.1, 0.15) is 27.7 Å². The summed E-state index contributed by atoms with van der Waals surface area (Å²) < 4.78 is 21.7. The van der Waals surface area contributed by atoms with Gasteiger partial charge in [0.2, 0.25) is 0 Å². The Morgan fingerprint density at radius 1 is 0.643 bits per heavy atom. The van der Waals surface area contributed by atoms with Crippen molar-refractivity contribution in [3.8, 4) is 0 Å². The Bertz CT molecular complexity index is 92.8. The van der Waals surface area contributed by atoms with Crippen LogP contribution in [0, 0.1) is 0 Å². The fourth-order valence-electron chi connectivity index (χ4n) is 0.957. The van der Waals surface area contributed by atoms with Gasteiger partial charge in [-0.05, 0) is 27.7 Å². The van der Waals surface area contributed by atoms with Gasteiger partial charge in [-0.15, -0.1) is 0 Å². The summed E-state index contributed by atoms with van der Waals surface area (Å²) in [6.45, 7) is 9.80. The summed E-state index contributed by atoms with van der Waals surface area (Å²) in [6, 6.07) is 0. The van der Waals surface area contributed by atoms with Gasteiger partial charge in [-0.1, -0.05) is 0 Å². The molecule has 0 radical (unpaired) electrons. The van der Waals surface area contributed by atoms with E-state index in [1.165, 1.54) is 0 Å². The fourth-order valence-corrected chi connectivity index (χ4v) is 2.87. The van der Waals surface area contributed by atoms with Gasteiger partial charge in [0.25, 0.3) is 0 Å². The smallest absolute Gasteiger partial charge is 0.412 e. The van der Waals surface area contributed by atoms with Crippen LogP contribution in [-0.2, 0) is 17.7 Å². The van der Waals surface area contributed by atoms with Gasteiger partial charge in [-0.25, -0.2) is 0 Å². The molecule has 0 aliphatic rings. The van der Waals surface area contributed by atoms with E-state index in [0.717, 1.165) is 0 Å². The maximum absolute atomic E-state index is 5.42. The van der Waals surface area contributed by atoms with Crippen molar-refractivity contribution in [2.45, 2.75) is 27.7 Å². The minimum absolute atomic E-state index is 0. The molecule has 0 rings (SSSR count). The average molecular weight is 226 g/mol. The predicted octanol–water partition coefficient (Wildman–Crippen LogP) is 0.743. The summed E-state index contributed by atoms with van der Waals surface area (Å²) in [5.41, 5.74) is 0. The molecule has 14 heavy (non-hydrogen) atoms. The lowest BCUT2D eigenvalue weighted by Gasteiger charge is -2.26. The van der Waals surface area contributed by atoms with Crippen LogP contribution in [0.25, 0.3) is 0 Å². The third-order valence-electron chi connectivity index (χ3n) is 1.28. The van der Waals surface area contributed by atoms with Gasteiger partial charge in [0.15, 0.2) is 0 Å². The lowest BCUT2D eigenvalue weighted by Crippen LogP contribution is -2.49. The van der Waals surface area contributed by atoms with E-state index < -0.39 is 9.05 Å². The molecule has 0 fully saturated rings. The fraction of sp³-hybridized carbons (Fsp3) is 1.00. The first-order chi connectivity index (χ1) is 6.24. The van der Waals surface area contributed by atoms with E-state index >= 15 is 0 Å². The molecule has 88 valence electrons. The van der Waals surface area contributed by atoms with Gasteiger partial charge < -0.3 is 23.2 Å². The van der Waals surface area contributed by atoms with E-state index in [-0.39, 0.29) is 5.48 Å². The second-order valence-corrected chi connectivity index (χ2v) is 4.39. The van der Waals surface area contributed by atoms with Gasteiger partial charge in [-0.2, -0.15) is 0 Å². The molecule has 0 aliphatic carbocycles. The highest BCUT2D eigenvalue weighted by Crippen LogP contribution is 2.11. The second-order valence-electron chi connectivity index (χ2n) is 2.23. The Hall–Kier alpha value is 0.0169. The molecule has 0 heterocycles. The first-order valence-electron chi connectivity index (χ1n) is 4.80. The monoisotopic (exact) mass is 226 g/mol. The summed E-state index contributed by atoms with van der Waals surface area (Å²) >= 11 is 0. The summed E-state index contributed by atoms with van der Waals surface area (Å²) in [6.07, 6.45) is 0. The quantitative estimate of drug-likeness (QED) is 0.573. The normalized spacial score (nSPS) is 11.1. The molecule has 0 bridgehead atoms. The SMILES string of the molecule is CCO[Si](OCC)(OCC)OCC.O. The highest BCUT2D eigenvalue weighted by atomic mass is 28.4. The average Bonchev–Trinajstić information content (AvgIpc) is 2.06. The minimum atomic E-state index is -2.80. The molecule has 5 nitrogen and oxygen atoms in total. The minimum Gasteiger partial charge on any atom is -0.412 e. The third-order valence-corrected chi connectivity index (χ3v) is 3.85. The standard InChI is InChI=1S/C8H20O4Si.H2O/c1-5-9-13(10-6-2,11-7-3)12-8-4;/h5-8H2,1-4H3;1H2. The van der Waals surface area contributed by atoms with Crippen molar-refractivity contribution in [2.24, 2.45) is 0 Å². The molecule has 0 unspecified atom stereocenters. The highest BCUT2D eigenvalue weighted by Gasteiger charge is 2.44. The molecule has 0 aliphatic heterocycles. The van der Waals surface area contributed by atoms with Crippen molar-refractivity contribution >= 4 is 9.05 Å². The van der Waals surface area contributed by atoms with Crippen LogP contribution in [-0.4, -0.2) is 41.0 Å². The van der Waals surface area contributed by atoms with E-state index in [4.69, 9.17) is 17.7 Å². The molecule has 0 saturated carbocycles. The van der Waals surface area contributed by atoms with Crippen LogP contribution >= 0.6 is 0 Å². The largest absolute Gasteiger partial charge is 0.679 e. The Morgan fingerprint density at radius 3 is 1.00 bits per heavy atom. The summed E-state index contributed by atoms with van der Waals surface area (Å²) in [7, 11) is -2.80. The number of rotatable bonds is 8. The summed E-state index contributed by atoms with van der Waals surface area (Å²) in [4.78, 5) is 0. The second kappa shape index (κ2) is 9.57. The van der Waals surface area contributed by atoms with Gasteiger partial charge in [-0.3, -0.25) is 0 Å². The maximum Gasteiger partial charge on any atom is 0.679 e. The third kappa shape index (κ3) is 5.69. The van der Waals surface area contributed by atoms with E-state index in [9.17, 15) is 0 Å². The summed E-state index contributed by atoms with van der Waals surface area (Å²) in [5, 5.41) is 0. The first-order valence-corrected chi connectivity index (χ1v) is 6.43. The molecular formula is C8H22O5Si. The number of hydrogen-bond acceptors (Lipinski definition) is 4. The van der Waals surface area contributed by atoms with Crippen molar-refractivity contribution in [2.75, 3.05) is 26.4 Å². The molecule has 0 aromatic rings. The molecule has 0 saturated heterocycles. The zero-order valence-corrected chi connectivity index (χ0v) is 10.5. The molecule has 0 aromatic carbocycles. The van der Waals surface area contributed by atoms with Crippen LogP contribution in [0.3, 0.4) is 0 Å². The van der Waals surface area contributed by atoms with Crippen LogP contribution < -0.4 is 0 Å². The first kappa shape index (κ1) is 16.4. The Morgan fingerprint density at radius 2 is 0.857 bits per heavy atom. The summed E-state index contributed by atoms with van der Waals surface area (Å²) in [5.74, 6) is 0. The molecule has 0 atom stereocenters. The lowest BCUT2D eigenvalue weighted by molar-refractivity contribution is -0.0247. The Kier molecular flexibility index (Phi) is 11.2. The molecule has 2 N–H and O–H groups in total. The zero-order chi connectivity index (χ0) is 10.2. The van der Waals surface area contributed by atoms with Crippen LogP contribution in [0.4, 0.5) is 0 Å². The van der Waals surface area contributed by atoms with Crippen molar-refractivity contribution in [1.29, 1.82) is 0 Å². The van der Waals surface area contributed by atoms with E-state index in [0.29, 0.717) is 26.4 Å². The van der Waals surface area contributed by atoms with E-state index in [1.807, 2.05) is 27.7 Å². The highest BCUT2D eigenvalue weighted by molar-refractivity contribution is 6.53. The molecule has 0 aromatic heterocycles. The molecule has 0 amide bonds. The van der Waals surface area contributed by atoms with Gasteiger partial charge in [0.05, 0.1) is 0 Å². The van der Waals surface area contributed by atoms with Crippen molar-refractivity contribution < 1.29 is 23.2 Å². The maximum atomic E-state index is 5.42. The molecular weight excluding hydrogens is 204 g/mol. The molecule has 6 heteroatoms. The number of hydrogen-bond donors (Lipinski definition) is 0. The Labute approximate surface area is 87.1 Å². The van der Waals surface area contributed by atoms with Crippen molar-refractivity contribution in [1.82, 2.24) is 0 Å². The molecule has 0 spiro atoms. The zero-order valence-electron chi connectivity index (χ0n) is 9.46. The van der Waals surface area contributed by atoms with E-state index in [1.54, 1.807) is 0 Å². The lowest BCUT2D eigenvalue weighted by atomic mass is 10.9. The van der Waals surface area contributed by atoms with Crippen molar-refractivity contribution in [3.63, 3.8) is 0 Å². The van der Waals surface area contributed by atoms with Crippen LogP contribution in [0.5, 0.6) is 0 Å².